The second-order valence-electron chi connectivity index (χ2n) is 8.12. The predicted molar refractivity (Wildman–Crippen MR) is 122 cm³/mol. The molecule has 3 rings (SSSR count). The number of ether oxygens (including phenoxy) is 1. The molecular formula is C26H33NO4. The van der Waals surface area contributed by atoms with E-state index in [0.717, 1.165) is 60.8 Å². The third kappa shape index (κ3) is 5.95. The lowest BCUT2D eigenvalue weighted by atomic mass is 9.97. The number of carbonyl (C=O) groups excluding carboxylic acids is 1. The maximum absolute atomic E-state index is 12.7. The minimum atomic E-state index is -2.27. The molecule has 31 heavy (non-hydrogen) atoms. The second kappa shape index (κ2) is 11.7. The zero-order valence-corrected chi connectivity index (χ0v) is 18.0. The highest BCUT2D eigenvalue weighted by atomic mass is 16.5. The maximum Gasteiger partial charge on any atom is 0.320 e. The van der Waals surface area contributed by atoms with Gasteiger partial charge >= 0.3 is 11.9 Å². The number of nitrogens with two attached hydrogens (primary N) is 1. The van der Waals surface area contributed by atoms with E-state index in [9.17, 15) is 14.7 Å². The summed E-state index contributed by atoms with van der Waals surface area (Å²) in [4.78, 5) is 24.5. The average molecular weight is 425 g/mol. The fraction of sp³-hybridized carbons (Fsp3) is 0.462. The van der Waals surface area contributed by atoms with E-state index in [4.69, 9.17) is 11.8 Å². The Hall–Kier alpha value is -2.66. The molecule has 5 nitrogen and oxygen atoms in total. The molecule has 0 amide bonds. The smallest absolute Gasteiger partial charge is 0.320 e. The summed E-state index contributed by atoms with van der Waals surface area (Å²) < 4.78 is 13.8. The number of hydrogen-bond donors (Lipinski definition) is 2. The Morgan fingerprint density at radius 1 is 0.903 bits per heavy atom. The van der Waals surface area contributed by atoms with Gasteiger partial charge in [0.1, 0.15) is 6.61 Å². The number of esters is 1. The number of hydrogen-bond acceptors (Lipinski definition) is 4. The first-order chi connectivity index (χ1) is 15.5. The van der Waals surface area contributed by atoms with Crippen LogP contribution in [0.3, 0.4) is 0 Å². The molecule has 0 aromatic heterocycles. The third-order valence-corrected chi connectivity index (χ3v) is 5.98. The number of unbranched alkanes of at least 4 members (excludes halogenated alkanes) is 6. The minimum Gasteiger partial charge on any atom is -0.481 e. The predicted octanol–water partition coefficient (Wildman–Crippen LogP) is 5.12. The minimum absolute atomic E-state index is 0.0297. The summed E-state index contributed by atoms with van der Waals surface area (Å²) in [7, 11) is 0. The number of fused-ring (bicyclic) bond motifs is 3. The van der Waals surface area contributed by atoms with Gasteiger partial charge in [-0.2, -0.15) is 0 Å². The number of carboxylic acid groups (broad SMARTS) is 1. The first kappa shape index (κ1) is 21.6. The van der Waals surface area contributed by atoms with Crippen LogP contribution in [0.25, 0.3) is 11.1 Å². The van der Waals surface area contributed by atoms with Gasteiger partial charge in [0.25, 0.3) is 0 Å². The van der Waals surface area contributed by atoms with Gasteiger partial charge in [-0.05, 0) is 41.6 Å². The van der Waals surface area contributed by atoms with Gasteiger partial charge in [-0.25, -0.2) is 0 Å². The van der Waals surface area contributed by atoms with E-state index in [1.165, 1.54) is 0 Å². The molecule has 0 aliphatic heterocycles. The highest BCUT2D eigenvalue weighted by Crippen LogP contribution is 2.44. The molecule has 0 spiro atoms. The van der Waals surface area contributed by atoms with Crippen LogP contribution in [0.2, 0.25) is 0 Å². The molecule has 1 unspecified atom stereocenters. The van der Waals surface area contributed by atoms with Crippen molar-refractivity contribution in [1.82, 2.24) is 0 Å². The van der Waals surface area contributed by atoms with Gasteiger partial charge in [0.15, 0.2) is 5.89 Å². The first-order valence-corrected chi connectivity index (χ1v) is 11.3. The first-order valence-electron chi connectivity index (χ1n) is 11.8. The van der Waals surface area contributed by atoms with E-state index in [1.54, 1.807) is 0 Å². The molecule has 0 radical (unpaired) electrons. The maximum atomic E-state index is 12.7. The molecule has 2 aromatic carbocycles. The zero-order chi connectivity index (χ0) is 23.0. The summed E-state index contributed by atoms with van der Waals surface area (Å²) in [5.74, 6) is -4.85. The van der Waals surface area contributed by atoms with Crippen molar-refractivity contribution >= 4 is 11.9 Å². The van der Waals surface area contributed by atoms with Crippen molar-refractivity contribution in [3.63, 3.8) is 0 Å². The van der Waals surface area contributed by atoms with E-state index < -0.39 is 17.8 Å². The Balaban J connectivity index is 1.57. The largest absolute Gasteiger partial charge is 0.481 e. The van der Waals surface area contributed by atoms with Crippen molar-refractivity contribution in [3.05, 3.63) is 59.7 Å². The van der Waals surface area contributed by atoms with Crippen molar-refractivity contribution in [2.24, 2.45) is 11.6 Å². The highest BCUT2D eigenvalue weighted by molar-refractivity contribution is 5.94. The van der Waals surface area contributed by atoms with Crippen molar-refractivity contribution in [2.75, 3.05) is 13.2 Å². The molecule has 0 bridgehead atoms. The second-order valence-corrected chi connectivity index (χ2v) is 8.12. The zero-order valence-electron chi connectivity index (χ0n) is 19.0. The molecule has 3 N–H and O–H groups in total. The Labute approximate surface area is 186 Å². The molecule has 0 fully saturated rings. The molecule has 1 aliphatic rings. The van der Waals surface area contributed by atoms with Crippen LogP contribution in [0, 0.1) is 5.89 Å². The summed E-state index contributed by atoms with van der Waals surface area (Å²) in [6, 6.07) is 15.9. The van der Waals surface area contributed by atoms with E-state index in [-0.39, 0.29) is 18.9 Å². The van der Waals surface area contributed by atoms with E-state index in [1.807, 2.05) is 48.5 Å². The number of rotatable bonds is 13. The molecule has 0 saturated heterocycles. The van der Waals surface area contributed by atoms with Crippen molar-refractivity contribution in [1.29, 1.82) is 0 Å². The molecule has 1 atom stereocenters. The molecule has 2 aromatic rings. The summed E-state index contributed by atoms with van der Waals surface area (Å²) in [6.45, 7) is 0.738. The van der Waals surface area contributed by atoms with E-state index in [0.29, 0.717) is 13.0 Å². The Kier molecular flexibility index (Phi) is 8.11. The average Bonchev–Trinajstić information content (AvgIpc) is 3.12. The lowest BCUT2D eigenvalue weighted by molar-refractivity contribution is -0.159. The third-order valence-electron chi connectivity index (χ3n) is 5.98. The number of carboxylic acids is 1. The summed E-state index contributed by atoms with van der Waals surface area (Å²) in [6.07, 6.45) is 6.53. The van der Waals surface area contributed by atoms with Crippen molar-refractivity contribution in [3.8, 4) is 11.1 Å². The SMILES string of the molecule is [2H]C(CCCCCCCCCN)(C(=O)O)C(=O)OCC1c2ccccc2-c2ccccc21. The van der Waals surface area contributed by atoms with Gasteiger partial charge in [-0.15, -0.1) is 0 Å². The van der Waals surface area contributed by atoms with Gasteiger partial charge in [0, 0.05) is 5.92 Å². The summed E-state index contributed by atoms with van der Waals surface area (Å²) in [5, 5.41) is 9.61. The lowest BCUT2D eigenvalue weighted by Gasteiger charge is -2.17. The van der Waals surface area contributed by atoms with Crippen LogP contribution in [0.4, 0.5) is 0 Å². The van der Waals surface area contributed by atoms with Crippen molar-refractivity contribution in [2.45, 2.75) is 57.3 Å². The van der Waals surface area contributed by atoms with E-state index >= 15 is 0 Å². The molecule has 0 saturated carbocycles. The van der Waals surface area contributed by atoms with Crippen LogP contribution in [0.15, 0.2) is 48.5 Å². The Morgan fingerprint density at radius 3 is 1.97 bits per heavy atom. The molecule has 0 heterocycles. The van der Waals surface area contributed by atoms with Crippen LogP contribution in [-0.2, 0) is 14.3 Å². The number of aliphatic carboxylic acids is 1. The Morgan fingerprint density at radius 2 is 1.42 bits per heavy atom. The van der Waals surface area contributed by atoms with Crippen LogP contribution in [0.5, 0.6) is 0 Å². The molecular weight excluding hydrogens is 390 g/mol. The van der Waals surface area contributed by atoms with Gasteiger partial charge < -0.3 is 15.6 Å². The van der Waals surface area contributed by atoms with Gasteiger partial charge in [0.05, 0.1) is 1.37 Å². The fourth-order valence-corrected chi connectivity index (χ4v) is 4.31. The van der Waals surface area contributed by atoms with Gasteiger partial charge in [-0.3, -0.25) is 9.59 Å². The Bertz CT molecular complexity index is 886. The normalized spacial score (nSPS) is 14.9. The fourth-order valence-electron chi connectivity index (χ4n) is 4.31. The van der Waals surface area contributed by atoms with Crippen LogP contribution < -0.4 is 5.73 Å². The molecule has 1 aliphatic carbocycles. The summed E-state index contributed by atoms with van der Waals surface area (Å²) >= 11 is 0. The van der Waals surface area contributed by atoms with Gasteiger partial charge in [0.2, 0.25) is 0 Å². The van der Waals surface area contributed by atoms with Crippen LogP contribution in [-0.4, -0.2) is 30.2 Å². The number of carbonyl (C=O) groups is 2. The lowest BCUT2D eigenvalue weighted by Crippen LogP contribution is -2.27. The van der Waals surface area contributed by atoms with Crippen molar-refractivity contribution < 1.29 is 20.8 Å². The molecule has 5 heteroatoms. The van der Waals surface area contributed by atoms with Crippen LogP contribution >= 0.6 is 0 Å². The van der Waals surface area contributed by atoms with Crippen LogP contribution in [0.1, 0.15) is 69.8 Å². The van der Waals surface area contributed by atoms with Gasteiger partial charge in [-0.1, -0.05) is 87.1 Å². The number of benzene rings is 2. The highest BCUT2D eigenvalue weighted by Gasteiger charge is 2.32. The standard InChI is InChI=1S/C26H33NO4/c27-17-11-5-3-1-2-4-6-16-23(25(28)29)26(30)31-18-24-21-14-9-7-12-19(21)20-13-8-10-15-22(20)24/h7-10,12-15,23-24H,1-6,11,16-18,27H2,(H,28,29)/i23D. The topological polar surface area (TPSA) is 89.6 Å². The monoisotopic (exact) mass is 424 g/mol. The quantitative estimate of drug-likeness (QED) is 0.265. The van der Waals surface area contributed by atoms with E-state index in [2.05, 4.69) is 0 Å². The summed E-state index contributed by atoms with van der Waals surface area (Å²) in [5.41, 5.74) is 9.81. The molecule has 166 valence electrons.